The number of hydrogen-bond donors (Lipinski definition) is 3. The van der Waals surface area contributed by atoms with Crippen LogP contribution in [-0.4, -0.2) is 64.4 Å². The Bertz CT molecular complexity index is 483. The van der Waals surface area contributed by atoms with Gasteiger partial charge in [0.25, 0.3) is 0 Å². The smallest absolute Gasteiger partial charge is 0.173 e. The predicted molar refractivity (Wildman–Crippen MR) is 113 cm³/mol. The summed E-state index contributed by atoms with van der Waals surface area (Å²) in [6.07, 6.45) is 2.32. The lowest BCUT2D eigenvalue weighted by atomic mass is 10.0. The lowest BCUT2D eigenvalue weighted by Crippen LogP contribution is -3.05. The van der Waals surface area contributed by atoms with Gasteiger partial charge in [-0.3, -0.25) is 0 Å². The topological polar surface area (TPSA) is 24.2 Å². The second-order valence-corrected chi connectivity index (χ2v) is 8.20. The van der Waals surface area contributed by atoms with Crippen LogP contribution in [0.25, 0.3) is 0 Å². The van der Waals surface area contributed by atoms with Gasteiger partial charge >= 0.3 is 0 Å². The van der Waals surface area contributed by atoms with Crippen LogP contribution in [0.15, 0.2) is 24.3 Å². The number of nitrogens with zero attached hydrogens (tertiary/aromatic N) is 1. The second kappa shape index (κ2) is 11.4. The van der Waals surface area contributed by atoms with Crippen molar-refractivity contribution in [2.45, 2.75) is 32.6 Å². The maximum Gasteiger partial charge on any atom is 0.173 e. The van der Waals surface area contributed by atoms with Crippen molar-refractivity contribution in [1.82, 2.24) is 4.90 Å². The molecular weight excluding hydrogens is 328 g/mol. The highest BCUT2D eigenvalue weighted by Gasteiger charge is 2.11. The SMILES string of the molecule is CC(C)c1ccc(NC(=S)N(CCC[NH+](C)C)CCC[NH+](C)C)cc1. The maximum atomic E-state index is 5.70. The van der Waals surface area contributed by atoms with Crippen molar-refractivity contribution in [3.63, 3.8) is 0 Å². The summed E-state index contributed by atoms with van der Waals surface area (Å²) in [7, 11) is 8.80. The van der Waals surface area contributed by atoms with Gasteiger partial charge in [0.15, 0.2) is 5.11 Å². The van der Waals surface area contributed by atoms with Crippen molar-refractivity contribution in [3.8, 4) is 0 Å². The molecule has 0 atom stereocenters. The Kier molecular flexibility index (Phi) is 10.0. The average molecular weight is 367 g/mol. The van der Waals surface area contributed by atoms with Crippen LogP contribution >= 0.6 is 12.2 Å². The fraction of sp³-hybridized carbons (Fsp3) is 0.650. The van der Waals surface area contributed by atoms with Gasteiger partial charge in [0.1, 0.15) is 0 Å². The van der Waals surface area contributed by atoms with E-state index in [0.29, 0.717) is 5.92 Å². The van der Waals surface area contributed by atoms with Gasteiger partial charge in [-0.25, -0.2) is 0 Å². The number of nitrogens with one attached hydrogen (secondary N) is 3. The summed E-state index contributed by atoms with van der Waals surface area (Å²) in [6.45, 7) is 8.80. The molecule has 0 bridgehead atoms. The molecule has 0 saturated carbocycles. The van der Waals surface area contributed by atoms with Crippen LogP contribution in [0.2, 0.25) is 0 Å². The standard InChI is InChI=1S/C20H36N4S/c1-17(2)18-9-11-19(12-10-18)21-20(25)24(15-7-13-22(3)4)16-8-14-23(5)6/h9-12,17H,7-8,13-16H2,1-6H3,(H,21,25)/p+2. The molecule has 0 aliphatic rings. The molecule has 1 rings (SSSR count). The van der Waals surface area contributed by atoms with E-state index in [1.807, 2.05) is 0 Å². The molecule has 1 aromatic rings. The molecule has 3 N–H and O–H groups in total. The highest BCUT2D eigenvalue weighted by atomic mass is 32.1. The van der Waals surface area contributed by atoms with Gasteiger partial charge in [-0.15, -0.1) is 0 Å². The van der Waals surface area contributed by atoms with Crippen molar-refractivity contribution in [2.75, 3.05) is 59.7 Å². The molecule has 0 amide bonds. The van der Waals surface area contributed by atoms with Gasteiger partial charge in [-0.2, -0.15) is 0 Å². The number of quaternary nitrogens is 2. The average Bonchev–Trinajstić information content (AvgIpc) is 2.53. The summed E-state index contributed by atoms with van der Waals surface area (Å²) in [5.74, 6) is 0.555. The van der Waals surface area contributed by atoms with Crippen LogP contribution in [0.5, 0.6) is 0 Å². The van der Waals surface area contributed by atoms with E-state index in [-0.39, 0.29) is 0 Å². The summed E-state index contributed by atoms with van der Waals surface area (Å²) in [5, 5.41) is 4.28. The van der Waals surface area contributed by atoms with Crippen LogP contribution in [-0.2, 0) is 0 Å². The number of anilines is 1. The zero-order valence-corrected chi connectivity index (χ0v) is 17.8. The molecule has 0 aliphatic heterocycles. The van der Waals surface area contributed by atoms with Gasteiger partial charge in [0, 0.05) is 31.6 Å². The van der Waals surface area contributed by atoms with Gasteiger partial charge in [0.05, 0.1) is 41.3 Å². The first-order valence-corrected chi connectivity index (χ1v) is 9.94. The van der Waals surface area contributed by atoms with Crippen LogP contribution in [0, 0.1) is 0 Å². The monoisotopic (exact) mass is 366 g/mol. The van der Waals surface area contributed by atoms with Crippen LogP contribution in [0.1, 0.15) is 38.2 Å². The highest BCUT2D eigenvalue weighted by Crippen LogP contribution is 2.17. The Morgan fingerprint density at radius 2 is 1.44 bits per heavy atom. The van der Waals surface area contributed by atoms with Crippen molar-refractivity contribution < 1.29 is 9.80 Å². The van der Waals surface area contributed by atoms with E-state index in [1.54, 1.807) is 0 Å². The molecule has 142 valence electrons. The highest BCUT2D eigenvalue weighted by molar-refractivity contribution is 7.80. The van der Waals surface area contributed by atoms with Crippen molar-refractivity contribution in [2.24, 2.45) is 0 Å². The Labute approximate surface area is 160 Å². The Morgan fingerprint density at radius 1 is 0.960 bits per heavy atom. The summed E-state index contributed by atoms with van der Waals surface area (Å²) < 4.78 is 0. The first-order chi connectivity index (χ1) is 11.8. The quantitative estimate of drug-likeness (QED) is 0.536. The molecule has 0 aliphatic carbocycles. The number of hydrogen-bond acceptors (Lipinski definition) is 1. The third-order valence-corrected chi connectivity index (χ3v) is 4.69. The fourth-order valence-corrected chi connectivity index (χ4v) is 3.02. The Hall–Kier alpha value is -1.17. The summed E-state index contributed by atoms with van der Waals surface area (Å²) in [4.78, 5) is 5.30. The largest absolute Gasteiger partial charge is 0.349 e. The second-order valence-electron chi connectivity index (χ2n) is 7.82. The predicted octanol–water partition coefficient (Wildman–Crippen LogP) is 0.878. The van der Waals surface area contributed by atoms with E-state index in [2.05, 4.69) is 76.5 Å². The normalized spacial score (nSPS) is 11.4. The first-order valence-electron chi connectivity index (χ1n) is 9.53. The zero-order valence-electron chi connectivity index (χ0n) is 17.0. The minimum Gasteiger partial charge on any atom is -0.349 e. The molecule has 25 heavy (non-hydrogen) atoms. The zero-order chi connectivity index (χ0) is 18.8. The summed E-state index contributed by atoms with van der Waals surface area (Å²) in [5.41, 5.74) is 2.44. The lowest BCUT2D eigenvalue weighted by molar-refractivity contribution is -0.858. The van der Waals surface area contributed by atoms with Crippen molar-refractivity contribution in [3.05, 3.63) is 29.8 Å². The first kappa shape index (κ1) is 21.9. The summed E-state index contributed by atoms with van der Waals surface area (Å²) in [6, 6.07) is 8.64. The third kappa shape index (κ3) is 9.19. The lowest BCUT2D eigenvalue weighted by Gasteiger charge is -2.26. The van der Waals surface area contributed by atoms with Crippen molar-refractivity contribution in [1.29, 1.82) is 0 Å². The molecule has 0 aromatic heterocycles. The molecule has 0 saturated heterocycles. The van der Waals surface area contributed by atoms with E-state index in [0.717, 1.165) is 36.7 Å². The van der Waals surface area contributed by atoms with E-state index >= 15 is 0 Å². The molecule has 0 radical (unpaired) electrons. The molecular formula is C20H38N4S+2. The minimum atomic E-state index is 0.555. The molecule has 1 aromatic carbocycles. The Morgan fingerprint density at radius 3 is 1.84 bits per heavy atom. The van der Waals surface area contributed by atoms with Crippen LogP contribution in [0.4, 0.5) is 5.69 Å². The summed E-state index contributed by atoms with van der Waals surface area (Å²) >= 11 is 5.70. The van der Waals surface area contributed by atoms with Gasteiger partial charge < -0.3 is 20.0 Å². The fourth-order valence-electron chi connectivity index (χ4n) is 2.72. The number of thiocarbonyl (C=S) groups is 1. The van der Waals surface area contributed by atoms with E-state index in [1.165, 1.54) is 28.5 Å². The molecule has 4 nitrogen and oxygen atoms in total. The Balaban J connectivity index is 2.62. The third-order valence-electron chi connectivity index (χ3n) is 4.33. The van der Waals surface area contributed by atoms with E-state index in [9.17, 15) is 0 Å². The van der Waals surface area contributed by atoms with Crippen molar-refractivity contribution >= 4 is 23.0 Å². The molecule has 0 heterocycles. The minimum absolute atomic E-state index is 0.555. The van der Waals surface area contributed by atoms with Gasteiger partial charge in [0.2, 0.25) is 0 Å². The molecule has 0 spiro atoms. The van der Waals surface area contributed by atoms with Gasteiger partial charge in [-0.05, 0) is 35.8 Å². The number of rotatable bonds is 10. The number of benzene rings is 1. The maximum absolute atomic E-state index is 5.70. The van der Waals surface area contributed by atoms with Gasteiger partial charge in [-0.1, -0.05) is 26.0 Å². The van der Waals surface area contributed by atoms with E-state index < -0.39 is 0 Å². The van der Waals surface area contributed by atoms with E-state index in [4.69, 9.17) is 12.2 Å². The molecule has 5 heteroatoms. The molecule has 0 fully saturated rings. The van der Waals surface area contributed by atoms with Crippen LogP contribution in [0.3, 0.4) is 0 Å². The van der Waals surface area contributed by atoms with Crippen LogP contribution < -0.4 is 15.1 Å². The molecule has 0 unspecified atom stereocenters.